The molecule has 0 aliphatic rings. The van der Waals surface area contributed by atoms with E-state index in [2.05, 4.69) is 15.9 Å². The van der Waals surface area contributed by atoms with Crippen molar-refractivity contribution in [1.82, 2.24) is 4.57 Å². The zero-order chi connectivity index (χ0) is 10.9. The van der Waals surface area contributed by atoms with Crippen LogP contribution < -0.4 is 5.56 Å². The quantitative estimate of drug-likeness (QED) is 0.872. The summed E-state index contributed by atoms with van der Waals surface area (Å²) < 4.78 is 2.02. The SMILES string of the molecule is CC(C(=O)O)c1cc(=O)n(C)cc1Br. The number of halogens is 1. The number of pyridine rings is 1. The van der Waals surface area contributed by atoms with E-state index in [1.54, 1.807) is 20.2 Å². The first-order chi connectivity index (χ1) is 6.43. The van der Waals surface area contributed by atoms with Crippen LogP contribution in [-0.4, -0.2) is 15.6 Å². The van der Waals surface area contributed by atoms with Gasteiger partial charge in [-0.15, -0.1) is 0 Å². The third-order valence-corrected chi connectivity index (χ3v) is 2.71. The molecule has 0 radical (unpaired) electrons. The van der Waals surface area contributed by atoms with Crippen LogP contribution in [-0.2, 0) is 11.8 Å². The topological polar surface area (TPSA) is 59.3 Å². The van der Waals surface area contributed by atoms with Crippen LogP contribution in [0.1, 0.15) is 18.4 Å². The lowest BCUT2D eigenvalue weighted by atomic mass is 10.0. The lowest BCUT2D eigenvalue weighted by Gasteiger charge is -2.09. The molecular formula is C9H10BrNO3. The van der Waals surface area contributed by atoms with Gasteiger partial charge in [-0.05, 0) is 28.4 Å². The second-order valence-electron chi connectivity index (χ2n) is 3.09. The minimum Gasteiger partial charge on any atom is -0.481 e. The van der Waals surface area contributed by atoms with Crippen molar-refractivity contribution in [2.45, 2.75) is 12.8 Å². The number of rotatable bonds is 2. The summed E-state index contributed by atoms with van der Waals surface area (Å²) in [5, 5.41) is 8.79. The van der Waals surface area contributed by atoms with E-state index in [9.17, 15) is 9.59 Å². The van der Waals surface area contributed by atoms with E-state index >= 15 is 0 Å². The van der Waals surface area contributed by atoms with E-state index < -0.39 is 11.9 Å². The number of hydrogen-bond donors (Lipinski definition) is 1. The summed E-state index contributed by atoms with van der Waals surface area (Å²) in [6, 6.07) is 1.34. The van der Waals surface area contributed by atoms with E-state index in [1.165, 1.54) is 10.6 Å². The van der Waals surface area contributed by atoms with E-state index in [1.807, 2.05) is 0 Å². The molecule has 0 saturated carbocycles. The maximum atomic E-state index is 11.3. The lowest BCUT2D eigenvalue weighted by Crippen LogP contribution is -2.19. The van der Waals surface area contributed by atoms with E-state index in [4.69, 9.17) is 5.11 Å². The fraction of sp³-hybridized carbons (Fsp3) is 0.333. The van der Waals surface area contributed by atoms with Crippen LogP contribution >= 0.6 is 15.9 Å². The highest BCUT2D eigenvalue weighted by molar-refractivity contribution is 9.10. The first-order valence-electron chi connectivity index (χ1n) is 4.02. The lowest BCUT2D eigenvalue weighted by molar-refractivity contribution is -0.138. The fourth-order valence-corrected chi connectivity index (χ4v) is 1.84. The van der Waals surface area contributed by atoms with Gasteiger partial charge < -0.3 is 9.67 Å². The maximum Gasteiger partial charge on any atom is 0.310 e. The zero-order valence-electron chi connectivity index (χ0n) is 7.82. The molecule has 0 aromatic carbocycles. The number of hydrogen-bond acceptors (Lipinski definition) is 2. The van der Waals surface area contributed by atoms with Crippen LogP contribution in [0.15, 0.2) is 21.5 Å². The minimum absolute atomic E-state index is 0.212. The van der Waals surface area contributed by atoms with Gasteiger partial charge in [-0.1, -0.05) is 0 Å². The molecule has 0 amide bonds. The Morgan fingerprint density at radius 1 is 1.64 bits per heavy atom. The van der Waals surface area contributed by atoms with Crippen molar-refractivity contribution >= 4 is 21.9 Å². The second kappa shape index (κ2) is 3.96. The molecule has 1 atom stereocenters. The summed E-state index contributed by atoms with van der Waals surface area (Å²) in [5.41, 5.74) is 0.289. The van der Waals surface area contributed by atoms with Crippen molar-refractivity contribution < 1.29 is 9.90 Å². The van der Waals surface area contributed by atoms with Gasteiger partial charge in [-0.25, -0.2) is 0 Å². The van der Waals surface area contributed by atoms with Gasteiger partial charge in [-0.2, -0.15) is 0 Å². The molecule has 5 heteroatoms. The minimum atomic E-state index is -0.945. The van der Waals surface area contributed by atoms with E-state index in [0.717, 1.165) is 0 Å². The van der Waals surface area contributed by atoms with Crippen molar-refractivity contribution in [2.24, 2.45) is 7.05 Å². The first kappa shape index (κ1) is 11.0. The molecule has 0 aliphatic carbocycles. The Hall–Kier alpha value is -1.10. The number of nitrogens with zero attached hydrogens (tertiary/aromatic N) is 1. The molecule has 0 bridgehead atoms. The van der Waals surface area contributed by atoms with Crippen LogP contribution in [0.5, 0.6) is 0 Å². The van der Waals surface area contributed by atoms with Gasteiger partial charge in [0.05, 0.1) is 5.92 Å². The fourth-order valence-electron chi connectivity index (χ4n) is 1.08. The molecule has 4 nitrogen and oxygen atoms in total. The summed E-state index contributed by atoms with van der Waals surface area (Å²) >= 11 is 3.23. The molecule has 1 aromatic heterocycles. The number of carbonyl (C=O) groups is 1. The van der Waals surface area contributed by atoms with E-state index in [-0.39, 0.29) is 5.56 Å². The van der Waals surface area contributed by atoms with Gasteiger partial charge in [-0.3, -0.25) is 9.59 Å². The normalized spacial score (nSPS) is 12.5. The Morgan fingerprint density at radius 3 is 2.71 bits per heavy atom. The Bertz CT molecular complexity index is 425. The Labute approximate surface area is 89.3 Å². The van der Waals surface area contributed by atoms with Crippen LogP contribution in [0.25, 0.3) is 0 Å². The Balaban J connectivity index is 3.29. The average molecular weight is 260 g/mol. The molecule has 14 heavy (non-hydrogen) atoms. The van der Waals surface area contributed by atoms with Crippen molar-refractivity contribution in [3.63, 3.8) is 0 Å². The highest BCUT2D eigenvalue weighted by atomic mass is 79.9. The number of carboxylic acid groups (broad SMARTS) is 1. The summed E-state index contributed by atoms with van der Waals surface area (Å²) in [6.07, 6.45) is 1.57. The summed E-state index contributed by atoms with van der Waals surface area (Å²) in [4.78, 5) is 22.0. The molecule has 1 N–H and O–H groups in total. The summed E-state index contributed by atoms with van der Waals surface area (Å²) in [6.45, 7) is 1.54. The number of aryl methyl sites for hydroxylation is 1. The van der Waals surface area contributed by atoms with E-state index in [0.29, 0.717) is 10.0 Å². The average Bonchev–Trinajstić information content (AvgIpc) is 2.10. The van der Waals surface area contributed by atoms with Crippen molar-refractivity contribution in [3.05, 3.63) is 32.7 Å². The predicted octanol–water partition coefficient (Wildman–Crippen LogP) is 1.34. The highest BCUT2D eigenvalue weighted by Crippen LogP contribution is 2.22. The monoisotopic (exact) mass is 259 g/mol. The van der Waals surface area contributed by atoms with Gasteiger partial charge in [0.2, 0.25) is 0 Å². The summed E-state index contributed by atoms with van der Waals surface area (Å²) in [7, 11) is 1.61. The molecule has 76 valence electrons. The van der Waals surface area contributed by atoms with Crippen LogP contribution in [0, 0.1) is 0 Å². The second-order valence-corrected chi connectivity index (χ2v) is 3.94. The number of carboxylic acids is 1. The molecule has 1 aromatic rings. The van der Waals surface area contributed by atoms with Gasteiger partial charge in [0.25, 0.3) is 5.56 Å². The molecule has 0 saturated heterocycles. The third kappa shape index (κ3) is 2.04. The van der Waals surface area contributed by atoms with Gasteiger partial charge in [0.1, 0.15) is 0 Å². The standard InChI is InChI=1S/C9H10BrNO3/c1-5(9(13)14)6-3-8(12)11(2)4-7(6)10/h3-5H,1-2H3,(H,13,14). The van der Waals surface area contributed by atoms with Gasteiger partial charge in [0.15, 0.2) is 0 Å². The first-order valence-corrected chi connectivity index (χ1v) is 4.81. The number of aliphatic carboxylic acids is 1. The Kier molecular flexibility index (Phi) is 3.10. The maximum absolute atomic E-state index is 11.3. The molecule has 0 aliphatic heterocycles. The van der Waals surface area contributed by atoms with Crippen LogP contribution in [0.4, 0.5) is 0 Å². The van der Waals surface area contributed by atoms with Crippen LogP contribution in [0.3, 0.4) is 0 Å². The Morgan fingerprint density at radius 2 is 2.21 bits per heavy atom. The van der Waals surface area contributed by atoms with Crippen LogP contribution in [0.2, 0.25) is 0 Å². The highest BCUT2D eigenvalue weighted by Gasteiger charge is 2.17. The molecule has 1 rings (SSSR count). The predicted molar refractivity (Wildman–Crippen MR) is 55.4 cm³/mol. The van der Waals surface area contributed by atoms with Crippen molar-refractivity contribution in [2.75, 3.05) is 0 Å². The van der Waals surface area contributed by atoms with Gasteiger partial charge in [0, 0.05) is 23.8 Å². The largest absolute Gasteiger partial charge is 0.481 e. The van der Waals surface area contributed by atoms with Crippen molar-refractivity contribution in [1.29, 1.82) is 0 Å². The molecule has 1 unspecified atom stereocenters. The summed E-state index contributed by atoms with van der Waals surface area (Å²) in [5.74, 6) is -1.63. The van der Waals surface area contributed by atoms with Gasteiger partial charge >= 0.3 is 5.97 Å². The smallest absolute Gasteiger partial charge is 0.310 e. The van der Waals surface area contributed by atoms with Crippen molar-refractivity contribution in [3.8, 4) is 0 Å². The molecule has 0 fully saturated rings. The number of aromatic nitrogens is 1. The molecule has 1 heterocycles. The zero-order valence-corrected chi connectivity index (χ0v) is 9.41. The molecule has 0 spiro atoms. The third-order valence-electron chi connectivity index (χ3n) is 2.05. The molecular weight excluding hydrogens is 250 g/mol.